The van der Waals surface area contributed by atoms with Crippen molar-refractivity contribution < 1.29 is 0 Å². The van der Waals surface area contributed by atoms with E-state index in [4.69, 9.17) is 4.99 Å². The van der Waals surface area contributed by atoms with Crippen LogP contribution < -0.4 is 10.6 Å². The molecule has 1 aliphatic rings. The number of hydrogen-bond acceptors (Lipinski definition) is 3. The van der Waals surface area contributed by atoms with Crippen LogP contribution in [-0.4, -0.2) is 62.6 Å². The molecule has 0 aromatic heterocycles. The molecule has 1 saturated heterocycles. The number of nitrogens with zero attached hydrogens (tertiary/aromatic N) is 3. The summed E-state index contributed by atoms with van der Waals surface area (Å²) in [6, 6.07) is 8.75. The van der Waals surface area contributed by atoms with Gasteiger partial charge in [-0.15, -0.1) is 24.0 Å². The fraction of sp³-hybridized carbons (Fsp3) is 0.650. The van der Waals surface area contributed by atoms with E-state index in [2.05, 4.69) is 65.7 Å². The first-order valence-corrected chi connectivity index (χ1v) is 9.64. The summed E-state index contributed by atoms with van der Waals surface area (Å²) in [6.07, 6.45) is 4.08. The van der Waals surface area contributed by atoms with Gasteiger partial charge in [0.25, 0.3) is 0 Å². The molecular weight excluding hydrogens is 437 g/mol. The van der Waals surface area contributed by atoms with Crippen molar-refractivity contribution in [3.05, 3.63) is 35.4 Å². The molecule has 2 N–H and O–H groups in total. The summed E-state index contributed by atoms with van der Waals surface area (Å²) in [5.41, 5.74) is 2.58. The van der Waals surface area contributed by atoms with Gasteiger partial charge in [-0.05, 0) is 58.1 Å². The van der Waals surface area contributed by atoms with Crippen LogP contribution in [0.15, 0.2) is 29.3 Å². The molecule has 0 unspecified atom stereocenters. The number of guanidine groups is 1. The molecule has 0 spiro atoms. The highest BCUT2D eigenvalue weighted by Crippen LogP contribution is 2.08. The quantitative estimate of drug-likeness (QED) is 0.346. The number of nitrogens with one attached hydrogen (secondary N) is 2. The van der Waals surface area contributed by atoms with E-state index in [0.717, 1.165) is 32.1 Å². The van der Waals surface area contributed by atoms with Crippen LogP contribution in [0.1, 0.15) is 37.3 Å². The summed E-state index contributed by atoms with van der Waals surface area (Å²) in [7, 11) is 4.19. The lowest BCUT2D eigenvalue weighted by molar-refractivity contribution is 0.232. The lowest BCUT2D eigenvalue weighted by Gasteiger charge is -2.26. The molecule has 148 valence electrons. The second kappa shape index (κ2) is 13.3. The van der Waals surface area contributed by atoms with E-state index in [1.807, 2.05) is 0 Å². The van der Waals surface area contributed by atoms with E-state index in [1.54, 1.807) is 0 Å². The Labute approximate surface area is 176 Å². The zero-order chi connectivity index (χ0) is 17.9. The van der Waals surface area contributed by atoms with Crippen molar-refractivity contribution in [2.45, 2.75) is 39.3 Å². The van der Waals surface area contributed by atoms with Crippen molar-refractivity contribution in [3.8, 4) is 0 Å². The molecule has 1 fully saturated rings. The van der Waals surface area contributed by atoms with E-state index in [-0.39, 0.29) is 24.0 Å². The number of piperidine rings is 1. The highest BCUT2D eigenvalue weighted by atomic mass is 127. The number of aliphatic imine (C=N–C) groups is 1. The topological polar surface area (TPSA) is 42.9 Å². The molecule has 0 aliphatic carbocycles. The lowest BCUT2D eigenvalue weighted by atomic mass is 10.1. The van der Waals surface area contributed by atoms with Crippen LogP contribution in [0.3, 0.4) is 0 Å². The molecule has 1 aromatic rings. The largest absolute Gasteiger partial charge is 0.357 e. The maximum atomic E-state index is 4.72. The Kier molecular flexibility index (Phi) is 11.9. The molecule has 5 nitrogen and oxygen atoms in total. The van der Waals surface area contributed by atoms with Gasteiger partial charge in [-0.25, -0.2) is 4.99 Å². The van der Waals surface area contributed by atoms with Gasteiger partial charge in [0.15, 0.2) is 5.96 Å². The molecule has 1 aliphatic heterocycles. The van der Waals surface area contributed by atoms with Crippen LogP contribution in [0.25, 0.3) is 0 Å². The predicted octanol–water partition coefficient (Wildman–Crippen LogP) is 2.91. The van der Waals surface area contributed by atoms with Gasteiger partial charge in [-0.1, -0.05) is 30.7 Å². The van der Waals surface area contributed by atoms with Crippen molar-refractivity contribution >= 4 is 29.9 Å². The highest BCUT2D eigenvalue weighted by Gasteiger charge is 2.09. The van der Waals surface area contributed by atoms with Gasteiger partial charge in [-0.2, -0.15) is 0 Å². The monoisotopic (exact) mass is 473 g/mol. The molecule has 0 saturated carbocycles. The molecule has 1 aromatic carbocycles. The first kappa shape index (κ1) is 23.2. The molecule has 2 rings (SSSR count). The summed E-state index contributed by atoms with van der Waals surface area (Å²) < 4.78 is 0. The van der Waals surface area contributed by atoms with Crippen molar-refractivity contribution in [1.29, 1.82) is 0 Å². The highest BCUT2D eigenvalue weighted by molar-refractivity contribution is 14.0. The Morgan fingerprint density at radius 3 is 2.31 bits per heavy atom. The summed E-state index contributed by atoms with van der Waals surface area (Å²) in [6.45, 7) is 9.22. The number of likely N-dealkylation sites (tertiary alicyclic amines) is 1. The van der Waals surface area contributed by atoms with Gasteiger partial charge >= 0.3 is 0 Å². The predicted molar refractivity (Wildman–Crippen MR) is 122 cm³/mol. The van der Waals surface area contributed by atoms with E-state index < -0.39 is 0 Å². The van der Waals surface area contributed by atoms with Crippen LogP contribution in [-0.2, 0) is 13.1 Å². The zero-order valence-corrected chi connectivity index (χ0v) is 19.0. The SMILES string of the molecule is CCNC(=NCc1ccc(CN(C)C)cc1)NCCN1CCCCC1.I. The van der Waals surface area contributed by atoms with Crippen molar-refractivity contribution in [2.24, 2.45) is 4.99 Å². The standard InChI is InChI=1S/C20H35N5.HI/c1-4-21-20(22-12-15-25-13-6-5-7-14-25)23-16-18-8-10-19(11-9-18)17-24(2)3;/h8-11H,4-7,12-17H2,1-3H3,(H2,21,22,23);1H. The van der Waals surface area contributed by atoms with Gasteiger partial charge in [0.2, 0.25) is 0 Å². The summed E-state index contributed by atoms with van der Waals surface area (Å²) in [5, 5.41) is 6.81. The van der Waals surface area contributed by atoms with E-state index in [9.17, 15) is 0 Å². The van der Waals surface area contributed by atoms with Crippen molar-refractivity contribution in [3.63, 3.8) is 0 Å². The third-order valence-corrected chi connectivity index (χ3v) is 4.45. The molecule has 0 amide bonds. The molecule has 0 bridgehead atoms. The molecule has 0 radical (unpaired) electrons. The van der Waals surface area contributed by atoms with Crippen molar-refractivity contribution in [1.82, 2.24) is 20.4 Å². The minimum atomic E-state index is 0. The Morgan fingerprint density at radius 2 is 1.69 bits per heavy atom. The maximum absolute atomic E-state index is 4.72. The summed E-state index contributed by atoms with van der Waals surface area (Å²) in [5.74, 6) is 0.914. The van der Waals surface area contributed by atoms with Crippen LogP contribution in [0.4, 0.5) is 0 Å². The van der Waals surface area contributed by atoms with Gasteiger partial charge in [0, 0.05) is 26.2 Å². The number of halogens is 1. The van der Waals surface area contributed by atoms with Crippen LogP contribution in [0, 0.1) is 0 Å². The third-order valence-electron chi connectivity index (χ3n) is 4.45. The fourth-order valence-corrected chi connectivity index (χ4v) is 3.14. The van der Waals surface area contributed by atoms with E-state index in [1.165, 1.54) is 43.5 Å². The van der Waals surface area contributed by atoms with Gasteiger partial charge in [-0.3, -0.25) is 0 Å². The van der Waals surface area contributed by atoms with Gasteiger partial charge < -0.3 is 20.4 Å². The van der Waals surface area contributed by atoms with Crippen LogP contribution in [0.2, 0.25) is 0 Å². The lowest BCUT2D eigenvalue weighted by Crippen LogP contribution is -2.42. The van der Waals surface area contributed by atoms with Gasteiger partial charge in [0.1, 0.15) is 0 Å². The molecule has 1 heterocycles. The minimum Gasteiger partial charge on any atom is -0.357 e. The Morgan fingerprint density at radius 1 is 1.04 bits per heavy atom. The van der Waals surface area contributed by atoms with Gasteiger partial charge in [0.05, 0.1) is 6.54 Å². The number of benzene rings is 1. The van der Waals surface area contributed by atoms with E-state index >= 15 is 0 Å². The third kappa shape index (κ3) is 9.19. The molecule has 26 heavy (non-hydrogen) atoms. The second-order valence-electron chi connectivity index (χ2n) is 7.08. The maximum Gasteiger partial charge on any atom is 0.191 e. The van der Waals surface area contributed by atoms with Crippen molar-refractivity contribution in [2.75, 3.05) is 46.8 Å². The Bertz CT molecular complexity index is 509. The first-order chi connectivity index (χ1) is 12.2. The summed E-state index contributed by atoms with van der Waals surface area (Å²) >= 11 is 0. The number of rotatable bonds is 8. The average molecular weight is 473 g/mol. The average Bonchev–Trinajstić information content (AvgIpc) is 2.61. The zero-order valence-electron chi connectivity index (χ0n) is 16.6. The molecular formula is C20H36IN5. The van der Waals surface area contributed by atoms with Crippen LogP contribution in [0.5, 0.6) is 0 Å². The Hall–Kier alpha value is -0.860. The van der Waals surface area contributed by atoms with Crippen LogP contribution >= 0.6 is 24.0 Å². The minimum absolute atomic E-state index is 0. The van der Waals surface area contributed by atoms with E-state index in [0.29, 0.717) is 6.54 Å². The first-order valence-electron chi connectivity index (χ1n) is 9.64. The fourth-order valence-electron chi connectivity index (χ4n) is 3.14. The molecule has 0 atom stereocenters. The molecule has 6 heteroatoms. The number of hydrogen-bond donors (Lipinski definition) is 2. The second-order valence-corrected chi connectivity index (χ2v) is 7.08. The normalized spacial score (nSPS) is 15.6. The Balaban J connectivity index is 0.00000338. The smallest absolute Gasteiger partial charge is 0.191 e. The summed E-state index contributed by atoms with van der Waals surface area (Å²) in [4.78, 5) is 9.45.